The van der Waals surface area contributed by atoms with Crippen molar-refractivity contribution in [1.82, 2.24) is 4.90 Å². The number of fused-ring (bicyclic) bond motifs is 1. The highest BCUT2D eigenvalue weighted by Gasteiger charge is 2.23. The monoisotopic (exact) mass is 357 g/mol. The summed E-state index contributed by atoms with van der Waals surface area (Å²) in [6, 6.07) is 14.7. The lowest BCUT2D eigenvalue weighted by Gasteiger charge is -2.29. The van der Waals surface area contributed by atoms with Crippen molar-refractivity contribution >= 4 is 11.4 Å². The minimum atomic E-state index is 0.0869. The Morgan fingerprint density at radius 1 is 1.00 bits per heavy atom. The van der Waals surface area contributed by atoms with Crippen LogP contribution in [0.1, 0.15) is 51.9 Å². The third kappa shape index (κ3) is 3.62. The van der Waals surface area contributed by atoms with Crippen molar-refractivity contribution in [3.8, 4) is 0 Å². The van der Waals surface area contributed by atoms with Gasteiger partial charge in [-0.3, -0.25) is 4.79 Å². The second-order valence-electron chi connectivity index (χ2n) is 7.73. The van der Waals surface area contributed by atoms with Crippen LogP contribution in [0, 0.1) is 13.8 Å². The largest absolute Gasteiger partial charge is 0.374 e. The Morgan fingerprint density at radius 3 is 2.56 bits per heavy atom. The van der Waals surface area contributed by atoms with Crippen LogP contribution < -0.4 is 0 Å². The zero-order chi connectivity index (χ0) is 18.8. The molecule has 0 aromatic heterocycles. The quantitative estimate of drug-likeness (QED) is 0.532. The number of aryl methyl sites for hydroxylation is 3. The Labute approximate surface area is 162 Å². The number of nitrogens with zero attached hydrogens (tertiary/aromatic N) is 1. The van der Waals surface area contributed by atoms with Gasteiger partial charge in [0.15, 0.2) is 5.78 Å². The Balaban J connectivity index is 1.71. The Hall–Kier alpha value is -2.61. The number of likely N-dealkylation sites (tertiary alicyclic amines) is 1. The van der Waals surface area contributed by atoms with Gasteiger partial charge in [0.25, 0.3) is 0 Å². The molecule has 0 spiro atoms. The molecule has 1 aliphatic carbocycles. The van der Waals surface area contributed by atoms with Crippen LogP contribution in [0.5, 0.6) is 0 Å². The summed E-state index contributed by atoms with van der Waals surface area (Å²) >= 11 is 0. The lowest BCUT2D eigenvalue weighted by atomic mass is 9.87. The highest BCUT2D eigenvalue weighted by molar-refractivity contribution is 6.07. The highest BCUT2D eigenvalue weighted by Crippen LogP contribution is 2.35. The van der Waals surface area contributed by atoms with Crippen LogP contribution in [0.25, 0.3) is 5.57 Å². The molecule has 0 bridgehead atoms. The van der Waals surface area contributed by atoms with Crippen LogP contribution in [-0.4, -0.2) is 23.8 Å². The van der Waals surface area contributed by atoms with E-state index in [1.165, 1.54) is 40.8 Å². The third-order valence-corrected chi connectivity index (χ3v) is 5.79. The maximum atomic E-state index is 12.8. The Kier molecular flexibility index (Phi) is 4.98. The fourth-order valence-electron chi connectivity index (χ4n) is 4.38. The summed E-state index contributed by atoms with van der Waals surface area (Å²) in [5, 5.41) is 0. The number of carbonyl (C=O) groups is 1. The molecule has 0 unspecified atom stereocenters. The van der Waals surface area contributed by atoms with E-state index in [0.29, 0.717) is 0 Å². The van der Waals surface area contributed by atoms with Gasteiger partial charge in [-0.25, -0.2) is 0 Å². The smallest absolute Gasteiger partial charge is 0.186 e. The van der Waals surface area contributed by atoms with E-state index in [-0.39, 0.29) is 5.78 Å². The summed E-state index contributed by atoms with van der Waals surface area (Å²) in [6.45, 7) is 6.35. The third-order valence-electron chi connectivity index (χ3n) is 5.79. The molecule has 0 radical (unpaired) electrons. The van der Waals surface area contributed by atoms with E-state index in [4.69, 9.17) is 0 Å². The normalized spacial score (nSPS) is 16.9. The first kappa shape index (κ1) is 17.8. The SMILES string of the molecule is Cc1ccc(C(=O)/C=C/C2=C(N3CCCC3)CCc3ccccc32)c(C)c1. The van der Waals surface area contributed by atoms with Crippen molar-refractivity contribution in [2.24, 2.45) is 0 Å². The van der Waals surface area contributed by atoms with Gasteiger partial charge in [0.05, 0.1) is 0 Å². The molecule has 2 aromatic carbocycles. The molecule has 0 N–H and O–H groups in total. The van der Waals surface area contributed by atoms with Crippen LogP contribution in [0.3, 0.4) is 0 Å². The predicted octanol–water partition coefficient (Wildman–Crippen LogP) is 5.50. The van der Waals surface area contributed by atoms with Crippen LogP contribution >= 0.6 is 0 Å². The number of allylic oxidation sites excluding steroid dienone is 4. The highest BCUT2D eigenvalue weighted by atomic mass is 16.1. The summed E-state index contributed by atoms with van der Waals surface area (Å²) in [4.78, 5) is 15.4. The predicted molar refractivity (Wildman–Crippen MR) is 112 cm³/mol. The molecule has 1 heterocycles. The van der Waals surface area contributed by atoms with Crippen molar-refractivity contribution < 1.29 is 4.79 Å². The maximum absolute atomic E-state index is 12.8. The van der Waals surface area contributed by atoms with Crippen LogP contribution in [0.4, 0.5) is 0 Å². The number of rotatable bonds is 4. The zero-order valence-electron chi connectivity index (χ0n) is 16.3. The van der Waals surface area contributed by atoms with Gasteiger partial charge >= 0.3 is 0 Å². The van der Waals surface area contributed by atoms with E-state index >= 15 is 0 Å². The summed E-state index contributed by atoms with van der Waals surface area (Å²) in [5.41, 5.74) is 8.35. The van der Waals surface area contributed by atoms with Crippen molar-refractivity contribution in [3.63, 3.8) is 0 Å². The molecule has 27 heavy (non-hydrogen) atoms. The molecule has 2 aromatic rings. The molecular formula is C25H27NO. The number of hydrogen-bond donors (Lipinski definition) is 0. The molecule has 2 heteroatoms. The summed E-state index contributed by atoms with van der Waals surface area (Å²) in [6.07, 6.45) is 8.52. The van der Waals surface area contributed by atoms with E-state index in [1.54, 1.807) is 6.08 Å². The van der Waals surface area contributed by atoms with Gasteiger partial charge in [0.1, 0.15) is 0 Å². The Morgan fingerprint density at radius 2 is 1.78 bits per heavy atom. The molecule has 0 amide bonds. The minimum absolute atomic E-state index is 0.0869. The fraction of sp³-hybridized carbons (Fsp3) is 0.320. The van der Waals surface area contributed by atoms with Gasteiger partial charge < -0.3 is 4.90 Å². The van der Waals surface area contributed by atoms with E-state index in [1.807, 2.05) is 19.1 Å². The average molecular weight is 357 g/mol. The molecule has 1 saturated heterocycles. The van der Waals surface area contributed by atoms with Crippen molar-refractivity contribution in [3.05, 3.63) is 88.1 Å². The second kappa shape index (κ2) is 7.56. The lowest BCUT2D eigenvalue weighted by molar-refractivity contribution is 0.104. The minimum Gasteiger partial charge on any atom is -0.374 e. The molecule has 1 fully saturated rings. The van der Waals surface area contributed by atoms with Gasteiger partial charge in [-0.05, 0) is 68.4 Å². The molecule has 138 valence electrons. The van der Waals surface area contributed by atoms with Crippen molar-refractivity contribution in [2.45, 2.75) is 39.5 Å². The maximum Gasteiger partial charge on any atom is 0.186 e. The lowest BCUT2D eigenvalue weighted by Crippen LogP contribution is -2.22. The van der Waals surface area contributed by atoms with E-state index in [0.717, 1.165) is 37.1 Å². The Bertz CT molecular complexity index is 929. The van der Waals surface area contributed by atoms with E-state index in [2.05, 4.69) is 48.2 Å². The van der Waals surface area contributed by atoms with Gasteiger partial charge in [0.2, 0.25) is 0 Å². The molecule has 2 aliphatic rings. The molecule has 0 atom stereocenters. The van der Waals surface area contributed by atoms with Crippen molar-refractivity contribution in [2.75, 3.05) is 13.1 Å². The average Bonchev–Trinajstić information content (AvgIpc) is 3.20. The first-order valence-corrected chi connectivity index (χ1v) is 9.99. The van der Waals surface area contributed by atoms with Crippen molar-refractivity contribution in [1.29, 1.82) is 0 Å². The summed E-state index contributed by atoms with van der Waals surface area (Å²) < 4.78 is 0. The molecular weight excluding hydrogens is 330 g/mol. The van der Waals surface area contributed by atoms with Gasteiger partial charge in [-0.2, -0.15) is 0 Å². The number of ketones is 1. The molecule has 4 rings (SSSR count). The fourth-order valence-corrected chi connectivity index (χ4v) is 4.38. The number of hydrogen-bond acceptors (Lipinski definition) is 2. The zero-order valence-corrected chi connectivity index (χ0v) is 16.3. The van der Waals surface area contributed by atoms with Gasteiger partial charge in [0, 0.05) is 29.9 Å². The second-order valence-corrected chi connectivity index (χ2v) is 7.73. The summed E-state index contributed by atoms with van der Waals surface area (Å²) in [5.74, 6) is 0.0869. The molecule has 2 nitrogen and oxygen atoms in total. The van der Waals surface area contributed by atoms with Gasteiger partial charge in [-0.1, -0.05) is 48.0 Å². The first-order valence-electron chi connectivity index (χ1n) is 9.99. The topological polar surface area (TPSA) is 20.3 Å². The van der Waals surface area contributed by atoms with Crippen LogP contribution in [-0.2, 0) is 6.42 Å². The number of carbonyl (C=O) groups excluding carboxylic acids is 1. The summed E-state index contributed by atoms with van der Waals surface area (Å²) in [7, 11) is 0. The van der Waals surface area contributed by atoms with Crippen LogP contribution in [0.15, 0.2) is 60.3 Å². The van der Waals surface area contributed by atoms with E-state index in [9.17, 15) is 4.79 Å². The van der Waals surface area contributed by atoms with Gasteiger partial charge in [-0.15, -0.1) is 0 Å². The standard InChI is InChI=1S/C25H27NO/c1-18-9-11-21(19(2)17-18)25(27)14-12-23-22-8-4-3-7-20(22)10-13-24(23)26-15-5-6-16-26/h3-4,7-9,11-12,14,17H,5-6,10,13,15-16H2,1-2H3/b14-12+. The molecule has 0 saturated carbocycles. The van der Waals surface area contributed by atoms with Crippen LogP contribution in [0.2, 0.25) is 0 Å². The first-order chi connectivity index (χ1) is 13.1. The number of benzene rings is 2. The van der Waals surface area contributed by atoms with E-state index < -0.39 is 0 Å². The molecule has 1 aliphatic heterocycles.